The van der Waals surface area contributed by atoms with E-state index in [0.717, 1.165) is 42.1 Å². The molecule has 1 saturated carbocycles. The van der Waals surface area contributed by atoms with Gasteiger partial charge in [-0.2, -0.15) is 13.2 Å². The molecule has 0 atom stereocenters. The molecule has 2 aliphatic rings. The van der Waals surface area contributed by atoms with E-state index in [2.05, 4.69) is 25.8 Å². The number of ether oxygens (including phenoxy) is 1. The molecule has 36 heavy (non-hydrogen) atoms. The van der Waals surface area contributed by atoms with Crippen LogP contribution in [0.1, 0.15) is 36.3 Å². The van der Waals surface area contributed by atoms with Crippen LogP contribution in [0.15, 0.2) is 47.4 Å². The fourth-order valence-electron chi connectivity index (χ4n) is 4.52. The van der Waals surface area contributed by atoms with Crippen LogP contribution in [0.3, 0.4) is 0 Å². The fraction of sp³-hybridized carbons (Fsp3) is 0.333. The highest BCUT2D eigenvalue weighted by Crippen LogP contribution is 2.59. The summed E-state index contributed by atoms with van der Waals surface area (Å²) in [7, 11) is 0. The van der Waals surface area contributed by atoms with Crippen LogP contribution in [0.4, 0.5) is 23.8 Å². The van der Waals surface area contributed by atoms with E-state index in [9.17, 15) is 18.0 Å². The van der Waals surface area contributed by atoms with Gasteiger partial charge in [-0.1, -0.05) is 5.16 Å². The maximum atomic E-state index is 13.3. The molecule has 0 spiro atoms. The average Bonchev–Trinajstić information content (AvgIpc) is 3.47. The smallest absolute Gasteiger partial charge is 0.401 e. The number of hydrogen-bond donors (Lipinski definition) is 2. The number of aromatic nitrogens is 4. The van der Waals surface area contributed by atoms with E-state index in [1.807, 2.05) is 0 Å². The van der Waals surface area contributed by atoms with Gasteiger partial charge < -0.3 is 14.6 Å². The molecule has 0 radical (unpaired) electrons. The maximum Gasteiger partial charge on any atom is 0.401 e. The lowest BCUT2D eigenvalue weighted by atomic mass is 10.0. The SMILES string of the molecule is O=C(Nc1cc(C2(C(F)(F)F)CC2)on1)n1ccc2cc(Oc3ncnc4c3CCCNC4)ccc21. The molecule has 9 nitrogen and oxygen atoms in total. The summed E-state index contributed by atoms with van der Waals surface area (Å²) in [6.07, 6.45) is 0.274. The molecule has 4 heterocycles. The molecule has 1 aliphatic heterocycles. The van der Waals surface area contributed by atoms with Gasteiger partial charge in [-0.15, -0.1) is 0 Å². The summed E-state index contributed by atoms with van der Waals surface area (Å²) in [6.45, 7) is 1.56. The molecule has 1 amide bonds. The number of carbonyl (C=O) groups excluding carboxylic acids is 1. The largest absolute Gasteiger partial charge is 0.439 e. The molecule has 0 bridgehead atoms. The van der Waals surface area contributed by atoms with E-state index in [1.54, 1.807) is 30.5 Å². The van der Waals surface area contributed by atoms with Gasteiger partial charge in [0.05, 0.1) is 11.2 Å². The minimum Gasteiger partial charge on any atom is -0.439 e. The Balaban J connectivity index is 1.20. The lowest BCUT2D eigenvalue weighted by Gasteiger charge is -2.14. The third-order valence-corrected chi connectivity index (χ3v) is 6.67. The van der Waals surface area contributed by atoms with Crippen molar-refractivity contribution >= 4 is 22.8 Å². The Morgan fingerprint density at radius 2 is 2.06 bits per heavy atom. The third-order valence-electron chi connectivity index (χ3n) is 6.67. The van der Waals surface area contributed by atoms with E-state index >= 15 is 0 Å². The Morgan fingerprint density at radius 3 is 2.86 bits per heavy atom. The summed E-state index contributed by atoms with van der Waals surface area (Å²) < 4.78 is 52.3. The summed E-state index contributed by atoms with van der Waals surface area (Å²) in [5.74, 6) is 0.699. The normalized spacial score (nSPS) is 16.9. The Labute approximate surface area is 202 Å². The quantitative estimate of drug-likeness (QED) is 0.411. The third kappa shape index (κ3) is 3.87. The van der Waals surface area contributed by atoms with Gasteiger partial charge in [0.2, 0.25) is 5.88 Å². The summed E-state index contributed by atoms with van der Waals surface area (Å²) in [5.41, 5.74) is 0.478. The topological polar surface area (TPSA) is 107 Å². The molecule has 6 rings (SSSR count). The second-order valence-corrected chi connectivity index (χ2v) is 8.98. The molecule has 0 saturated heterocycles. The zero-order valence-electron chi connectivity index (χ0n) is 18.9. The number of hydrogen-bond acceptors (Lipinski definition) is 7. The van der Waals surface area contributed by atoms with Crippen molar-refractivity contribution in [2.45, 2.75) is 43.8 Å². The van der Waals surface area contributed by atoms with Crippen LogP contribution in [0.25, 0.3) is 10.9 Å². The number of rotatable bonds is 4. The van der Waals surface area contributed by atoms with Crippen molar-refractivity contribution in [2.75, 3.05) is 11.9 Å². The zero-order valence-corrected chi connectivity index (χ0v) is 18.9. The van der Waals surface area contributed by atoms with Crippen molar-refractivity contribution in [3.8, 4) is 11.6 Å². The predicted octanol–water partition coefficient (Wildman–Crippen LogP) is 4.92. The highest BCUT2D eigenvalue weighted by atomic mass is 19.4. The van der Waals surface area contributed by atoms with Gasteiger partial charge in [-0.05, 0) is 56.5 Å². The first kappa shape index (κ1) is 22.5. The second-order valence-electron chi connectivity index (χ2n) is 8.98. The van der Waals surface area contributed by atoms with Crippen LogP contribution >= 0.6 is 0 Å². The Bertz CT molecular complexity index is 1460. The first-order valence-electron chi connectivity index (χ1n) is 11.5. The number of halogens is 3. The van der Waals surface area contributed by atoms with E-state index < -0.39 is 17.6 Å². The maximum absolute atomic E-state index is 13.3. The predicted molar refractivity (Wildman–Crippen MR) is 122 cm³/mol. The van der Waals surface area contributed by atoms with Crippen LogP contribution in [-0.4, -0.2) is 38.4 Å². The molecule has 1 aromatic carbocycles. The Morgan fingerprint density at radius 1 is 1.19 bits per heavy atom. The molecule has 4 aromatic rings. The van der Waals surface area contributed by atoms with Gasteiger partial charge in [0.25, 0.3) is 0 Å². The van der Waals surface area contributed by atoms with Gasteiger partial charge >= 0.3 is 12.2 Å². The first-order valence-corrected chi connectivity index (χ1v) is 11.5. The van der Waals surface area contributed by atoms with Crippen LogP contribution in [-0.2, 0) is 18.4 Å². The molecule has 2 N–H and O–H groups in total. The first-order chi connectivity index (χ1) is 17.3. The minimum absolute atomic E-state index is 0.0551. The summed E-state index contributed by atoms with van der Waals surface area (Å²) in [6, 6.07) is 7.53. The van der Waals surface area contributed by atoms with E-state index in [4.69, 9.17) is 9.26 Å². The summed E-state index contributed by atoms with van der Waals surface area (Å²) >= 11 is 0. The number of anilines is 1. The number of carbonyl (C=O) groups is 1. The standard InChI is InChI=1S/C24H21F3N6O3/c25-24(26,27)23(6-7-23)19-11-20(32-36-19)31-22(34)33-9-5-14-10-15(3-4-18(14)33)35-21-16-2-1-8-28-12-17(16)29-13-30-21/h3-5,9-11,13,28H,1-2,6-8,12H2,(H,31,32,34). The Hall–Kier alpha value is -3.93. The zero-order chi connectivity index (χ0) is 24.9. The molecule has 1 aliphatic carbocycles. The lowest BCUT2D eigenvalue weighted by Crippen LogP contribution is -2.28. The lowest BCUT2D eigenvalue weighted by molar-refractivity contribution is -0.165. The van der Waals surface area contributed by atoms with Crippen molar-refractivity contribution in [2.24, 2.45) is 0 Å². The van der Waals surface area contributed by atoms with E-state index in [1.165, 1.54) is 10.9 Å². The number of fused-ring (bicyclic) bond motifs is 2. The molecular weight excluding hydrogens is 477 g/mol. The van der Waals surface area contributed by atoms with Crippen molar-refractivity contribution < 1.29 is 27.2 Å². The summed E-state index contributed by atoms with van der Waals surface area (Å²) in [5, 5.41) is 10.2. The number of nitrogens with zero attached hydrogens (tertiary/aromatic N) is 4. The van der Waals surface area contributed by atoms with Crippen LogP contribution in [0.5, 0.6) is 11.6 Å². The van der Waals surface area contributed by atoms with Crippen molar-refractivity contribution in [1.82, 2.24) is 25.0 Å². The van der Waals surface area contributed by atoms with Crippen LogP contribution < -0.4 is 15.4 Å². The van der Waals surface area contributed by atoms with Gasteiger partial charge in [0.1, 0.15) is 17.5 Å². The van der Waals surface area contributed by atoms with E-state index in [-0.39, 0.29) is 24.4 Å². The molecule has 12 heteroatoms. The fourth-order valence-corrected chi connectivity index (χ4v) is 4.52. The van der Waals surface area contributed by atoms with Gasteiger partial charge in [0, 0.05) is 29.8 Å². The average molecular weight is 498 g/mol. The number of amides is 1. The number of benzene rings is 1. The molecule has 0 unspecified atom stereocenters. The number of nitrogens with one attached hydrogen (secondary N) is 2. The van der Waals surface area contributed by atoms with Crippen LogP contribution in [0, 0.1) is 0 Å². The molecule has 3 aromatic heterocycles. The highest BCUT2D eigenvalue weighted by molar-refractivity contribution is 5.98. The van der Waals surface area contributed by atoms with Gasteiger partial charge in [-0.3, -0.25) is 9.88 Å². The van der Waals surface area contributed by atoms with Crippen molar-refractivity contribution in [3.63, 3.8) is 0 Å². The monoisotopic (exact) mass is 498 g/mol. The number of alkyl halides is 3. The van der Waals surface area contributed by atoms with Gasteiger partial charge in [-0.25, -0.2) is 14.8 Å². The van der Waals surface area contributed by atoms with Crippen LogP contribution in [0.2, 0.25) is 0 Å². The Kier molecular flexibility index (Phi) is 5.21. The highest BCUT2D eigenvalue weighted by Gasteiger charge is 2.66. The minimum atomic E-state index is -4.43. The van der Waals surface area contributed by atoms with Gasteiger partial charge in [0.15, 0.2) is 11.6 Å². The second kappa shape index (κ2) is 8.33. The molecule has 1 fully saturated rings. The molecule has 186 valence electrons. The molecular formula is C24H21F3N6O3. The van der Waals surface area contributed by atoms with Crippen molar-refractivity contribution in [3.05, 3.63) is 59.9 Å². The van der Waals surface area contributed by atoms with E-state index in [0.29, 0.717) is 23.7 Å². The summed E-state index contributed by atoms with van der Waals surface area (Å²) in [4.78, 5) is 21.5. The van der Waals surface area contributed by atoms with Crippen molar-refractivity contribution in [1.29, 1.82) is 0 Å².